The maximum Gasteiger partial charge on any atom is 0.142 e. The maximum absolute atomic E-state index is 12.6. The monoisotopic (exact) mass is 374 g/mol. The van der Waals surface area contributed by atoms with Gasteiger partial charge < -0.3 is 24.5 Å². The van der Waals surface area contributed by atoms with Gasteiger partial charge in [0.1, 0.15) is 23.5 Å². The van der Waals surface area contributed by atoms with Crippen LogP contribution in [0, 0.1) is 17.8 Å². The summed E-state index contributed by atoms with van der Waals surface area (Å²) in [5, 5.41) is 20.5. The van der Waals surface area contributed by atoms with E-state index < -0.39 is 29.5 Å². The lowest BCUT2D eigenvalue weighted by atomic mass is 9.81. The van der Waals surface area contributed by atoms with Crippen molar-refractivity contribution < 1.29 is 34.1 Å². The number of ether oxygens (including phenoxy) is 2. The van der Waals surface area contributed by atoms with Gasteiger partial charge in [-0.3, -0.25) is 9.59 Å². The molecule has 152 valence electrons. The second kappa shape index (κ2) is 11.5. The summed E-state index contributed by atoms with van der Waals surface area (Å²) in [6, 6.07) is 0. The predicted molar refractivity (Wildman–Crippen MR) is 96.7 cm³/mol. The van der Waals surface area contributed by atoms with E-state index in [0.717, 1.165) is 0 Å². The van der Waals surface area contributed by atoms with Crippen molar-refractivity contribution in [2.75, 3.05) is 20.8 Å². The van der Waals surface area contributed by atoms with Crippen LogP contribution in [0.5, 0.6) is 0 Å². The summed E-state index contributed by atoms with van der Waals surface area (Å²) in [4.78, 5) is 35.0. The third kappa shape index (κ3) is 7.61. The van der Waals surface area contributed by atoms with E-state index in [1.807, 2.05) is 0 Å². The Morgan fingerprint density at radius 3 is 2.23 bits per heavy atom. The minimum absolute atomic E-state index is 0.0854. The molecule has 0 radical (unpaired) electrons. The smallest absolute Gasteiger partial charge is 0.142 e. The van der Waals surface area contributed by atoms with E-state index in [2.05, 4.69) is 0 Å². The molecule has 4 unspecified atom stereocenters. The second-order valence-corrected chi connectivity index (χ2v) is 7.35. The molecule has 0 aromatic rings. The van der Waals surface area contributed by atoms with Gasteiger partial charge in [0.15, 0.2) is 0 Å². The Bertz CT molecular complexity index is 461. The lowest BCUT2D eigenvalue weighted by Gasteiger charge is -2.33. The van der Waals surface area contributed by atoms with Crippen LogP contribution >= 0.6 is 0 Å². The van der Waals surface area contributed by atoms with Gasteiger partial charge in [-0.25, -0.2) is 0 Å². The van der Waals surface area contributed by atoms with Crippen molar-refractivity contribution in [3.63, 3.8) is 0 Å². The highest BCUT2D eigenvalue weighted by Crippen LogP contribution is 2.24. The fraction of sp³-hybridized carbons (Fsp3) is 0.842. The number of aliphatic hydroxyl groups excluding tert-OH is 1. The number of ketones is 2. The fourth-order valence-electron chi connectivity index (χ4n) is 2.97. The zero-order chi connectivity index (χ0) is 20.5. The third-order valence-electron chi connectivity index (χ3n) is 4.86. The van der Waals surface area contributed by atoms with E-state index in [-0.39, 0.29) is 30.7 Å². The number of rotatable bonds is 14. The SMILES string of the molecule is COC[C@@](C)(O)C(O)C(C)C(=O)[C@H](C)CC(CCC(=O)C(C)C=O)OC. The second-order valence-electron chi connectivity index (χ2n) is 7.35. The summed E-state index contributed by atoms with van der Waals surface area (Å²) < 4.78 is 10.2. The Morgan fingerprint density at radius 1 is 1.19 bits per heavy atom. The van der Waals surface area contributed by atoms with E-state index >= 15 is 0 Å². The molecule has 0 saturated carbocycles. The van der Waals surface area contributed by atoms with E-state index in [0.29, 0.717) is 19.1 Å². The number of aliphatic hydroxyl groups is 2. The Hall–Kier alpha value is -1.15. The first kappa shape index (κ1) is 24.8. The van der Waals surface area contributed by atoms with Crippen LogP contribution in [-0.2, 0) is 23.9 Å². The number of carbonyl (C=O) groups is 3. The van der Waals surface area contributed by atoms with Crippen molar-refractivity contribution in [3.05, 3.63) is 0 Å². The van der Waals surface area contributed by atoms with Gasteiger partial charge in [-0.2, -0.15) is 0 Å². The average molecular weight is 374 g/mol. The molecule has 0 heterocycles. The molecule has 7 nitrogen and oxygen atoms in total. The molecule has 0 bridgehead atoms. The molecule has 6 atom stereocenters. The summed E-state index contributed by atoms with van der Waals surface area (Å²) in [7, 11) is 2.92. The summed E-state index contributed by atoms with van der Waals surface area (Å²) in [6.07, 6.45) is 0.0741. The highest BCUT2D eigenvalue weighted by molar-refractivity contribution is 5.92. The Labute approximate surface area is 156 Å². The molecule has 0 aromatic heterocycles. The lowest BCUT2D eigenvalue weighted by molar-refractivity contribution is -0.147. The van der Waals surface area contributed by atoms with Crippen molar-refractivity contribution in [1.29, 1.82) is 0 Å². The minimum Gasteiger partial charge on any atom is -0.389 e. The van der Waals surface area contributed by atoms with E-state index in [9.17, 15) is 24.6 Å². The molecule has 0 amide bonds. The minimum atomic E-state index is -1.53. The molecule has 0 spiro atoms. The van der Waals surface area contributed by atoms with Crippen molar-refractivity contribution in [2.45, 2.75) is 64.8 Å². The number of hydrogen-bond donors (Lipinski definition) is 2. The molecule has 0 saturated heterocycles. The molecule has 0 aromatic carbocycles. The number of aldehydes is 1. The van der Waals surface area contributed by atoms with Gasteiger partial charge >= 0.3 is 0 Å². The first-order valence-electron chi connectivity index (χ1n) is 8.95. The van der Waals surface area contributed by atoms with Gasteiger partial charge in [-0.1, -0.05) is 13.8 Å². The summed E-state index contributed by atoms with van der Waals surface area (Å²) >= 11 is 0. The highest BCUT2D eigenvalue weighted by Gasteiger charge is 2.39. The van der Waals surface area contributed by atoms with Crippen LogP contribution in [0.2, 0.25) is 0 Å². The number of carbonyl (C=O) groups excluding carboxylic acids is 3. The molecule has 2 N–H and O–H groups in total. The molecule has 0 aliphatic carbocycles. The molecule has 0 aliphatic rings. The van der Waals surface area contributed by atoms with Crippen molar-refractivity contribution in [2.24, 2.45) is 17.8 Å². The van der Waals surface area contributed by atoms with Crippen molar-refractivity contribution >= 4 is 17.9 Å². The average Bonchev–Trinajstić information content (AvgIpc) is 2.61. The standard InChI is InChI=1S/C19H34O7/c1-12(9-15(26-6)7-8-16(21)13(2)10-20)17(22)14(3)18(23)19(4,24)11-25-5/h10,12-15,18,23-24H,7-9,11H2,1-6H3/t12-,13?,14?,15?,18?,19-/m1/s1. The van der Waals surface area contributed by atoms with E-state index in [1.165, 1.54) is 21.1 Å². The maximum atomic E-state index is 12.6. The van der Waals surface area contributed by atoms with Crippen LogP contribution < -0.4 is 0 Å². The zero-order valence-corrected chi connectivity index (χ0v) is 16.7. The fourth-order valence-corrected chi connectivity index (χ4v) is 2.97. The van der Waals surface area contributed by atoms with Gasteiger partial charge in [0, 0.05) is 32.5 Å². The van der Waals surface area contributed by atoms with E-state index in [4.69, 9.17) is 9.47 Å². The first-order valence-corrected chi connectivity index (χ1v) is 8.95. The van der Waals surface area contributed by atoms with Gasteiger partial charge in [0.05, 0.1) is 24.7 Å². The van der Waals surface area contributed by atoms with Gasteiger partial charge in [0.2, 0.25) is 0 Å². The topological polar surface area (TPSA) is 110 Å². The molecule has 0 fully saturated rings. The molecular weight excluding hydrogens is 340 g/mol. The van der Waals surface area contributed by atoms with Crippen molar-refractivity contribution in [1.82, 2.24) is 0 Å². The number of methoxy groups -OCH3 is 2. The number of Topliss-reactive ketones (excluding diaryl/α,β-unsaturated/α-hetero) is 2. The van der Waals surface area contributed by atoms with Crippen LogP contribution in [-0.4, -0.2) is 66.7 Å². The first-order chi connectivity index (χ1) is 12.0. The van der Waals surface area contributed by atoms with Gasteiger partial charge in [-0.05, 0) is 26.7 Å². The normalized spacial score (nSPS) is 19.7. The lowest BCUT2D eigenvalue weighted by Crippen LogP contribution is -2.49. The van der Waals surface area contributed by atoms with Crippen LogP contribution in [0.1, 0.15) is 47.0 Å². The predicted octanol–water partition coefficient (Wildman–Crippen LogP) is 1.18. The highest BCUT2D eigenvalue weighted by atomic mass is 16.5. The van der Waals surface area contributed by atoms with Crippen LogP contribution in [0.15, 0.2) is 0 Å². The Balaban J connectivity index is 4.74. The van der Waals surface area contributed by atoms with Crippen molar-refractivity contribution in [3.8, 4) is 0 Å². The molecule has 7 heteroatoms. The summed E-state index contributed by atoms with van der Waals surface area (Å²) in [6.45, 7) is 6.20. The summed E-state index contributed by atoms with van der Waals surface area (Å²) in [5.41, 5.74) is -1.53. The zero-order valence-electron chi connectivity index (χ0n) is 16.7. The largest absolute Gasteiger partial charge is 0.389 e. The number of hydrogen-bond acceptors (Lipinski definition) is 7. The summed E-state index contributed by atoms with van der Waals surface area (Å²) in [5.74, 6) is -2.17. The van der Waals surface area contributed by atoms with Crippen LogP contribution in [0.25, 0.3) is 0 Å². The Kier molecular flexibility index (Phi) is 11.0. The molecular formula is C19H34O7. The van der Waals surface area contributed by atoms with E-state index in [1.54, 1.807) is 20.8 Å². The Morgan fingerprint density at radius 2 is 1.77 bits per heavy atom. The third-order valence-corrected chi connectivity index (χ3v) is 4.86. The molecule has 0 rings (SSSR count). The van der Waals surface area contributed by atoms with Gasteiger partial charge in [0.25, 0.3) is 0 Å². The molecule has 26 heavy (non-hydrogen) atoms. The van der Waals surface area contributed by atoms with Crippen LogP contribution in [0.4, 0.5) is 0 Å². The quantitative estimate of drug-likeness (QED) is 0.347. The van der Waals surface area contributed by atoms with Crippen LogP contribution in [0.3, 0.4) is 0 Å². The van der Waals surface area contributed by atoms with Gasteiger partial charge in [-0.15, -0.1) is 0 Å². The molecule has 0 aliphatic heterocycles.